The summed E-state index contributed by atoms with van der Waals surface area (Å²) in [5.74, 6) is 0.949. The number of hydrogen-bond acceptors (Lipinski definition) is 5. The molecule has 1 N–H and O–H groups in total. The number of nitrogens with zero attached hydrogens (tertiary/aromatic N) is 3. The largest absolute Gasteiger partial charge is 0.496 e. The molecule has 2 aliphatic heterocycles. The van der Waals surface area contributed by atoms with Gasteiger partial charge in [-0.05, 0) is 18.6 Å². The number of rotatable bonds is 1. The topological polar surface area (TPSA) is 89.9 Å². The molecule has 0 bridgehead atoms. The van der Waals surface area contributed by atoms with E-state index < -0.39 is 11.2 Å². The average molecular weight is 272 g/mol. The van der Waals surface area contributed by atoms with Crippen LogP contribution in [-0.2, 0) is 7.05 Å². The maximum atomic E-state index is 11.8. The van der Waals surface area contributed by atoms with Gasteiger partial charge in [0.1, 0.15) is 5.75 Å². The summed E-state index contributed by atoms with van der Waals surface area (Å²) < 4.78 is 6.93. The van der Waals surface area contributed by atoms with Gasteiger partial charge in [0.05, 0.1) is 18.1 Å². The van der Waals surface area contributed by atoms with E-state index in [0.717, 1.165) is 11.1 Å². The molecule has 0 saturated heterocycles. The minimum Gasteiger partial charge on any atom is -0.496 e. The first kappa shape index (κ1) is 12.3. The van der Waals surface area contributed by atoms with Crippen molar-refractivity contribution in [3.05, 3.63) is 38.5 Å². The van der Waals surface area contributed by atoms with E-state index >= 15 is 0 Å². The van der Waals surface area contributed by atoms with E-state index in [-0.39, 0.29) is 11.5 Å². The van der Waals surface area contributed by atoms with Crippen LogP contribution in [0.5, 0.6) is 5.75 Å². The van der Waals surface area contributed by atoms with Crippen molar-refractivity contribution < 1.29 is 4.74 Å². The smallest absolute Gasteiger partial charge is 0.349 e. The number of fused-ring (bicyclic) bond motifs is 2. The van der Waals surface area contributed by atoms with Gasteiger partial charge in [-0.3, -0.25) is 9.78 Å². The molecule has 0 atom stereocenters. The van der Waals surface area contributed by atoms with E-state index in [1.165, 1.54) is 0 Å². The molecule has 20 heavy (non-hydrogen) atoms. The second-order valence-corrected chi connectivity index (χ2v) is 4.52. The van der Waals surface area contributed by atoms with E-state index in [2.05, 4.69) is 15.0 Å². The standard InChI is InChI=1S/C13H12N4O3/c1-6-4-8-7(5-9(6)20-3)14-10-11(17(8)2)15-13(19)16-12(10)18/h4-5H,1-3H3,(H,16,18,19). The number of hydrogen-bond donors (Lipinski definition) is 1. The van der Waals surface area contributed by atoms with Crippen molar-refractivity contribution in [3.8, 4) is 17.3 Å². The Hall–Kier alpha value is -2.70. The van der Waals surface area contributed by atoms with Crippen LogP contribution < -0.4 is 16.0 Å². The van der Waals surface area contributed by atoms with Crippen molar-refractivity contribution in [2.24, 2.45) is 7.05 Å². The Kier molecular flexibility index (Phi) is 2.56. The maximum absolute atomic E-state index is 11.8. The van der Waals surface area contributed by atoms with Crippen LogP contribution in [0.1, 0.15) is 5.56 Å². The molecule has 0 aromatic heterocycles. The highest BCUT2D eigenvalue weighted by Crippen LogP contribution is 2.26. The van der Waals surface area contributed by atoms with Gasteiger partial charge in [-0.25, -0.2) is 9.78 Å². The van der Waals surface area contributed by atoms with Crippen LogP contribution in [-0.4, -0.2) is 26.6 Å². The molecule has 7 heteroatoms. The molecule has 0 saturated carbocycles. The Morgan fingerprint density at radius 1 is 1.25 bits per heavy atom. The van der Waals surface area contributed by atoms with Crippen molar-refractivity contribution in [1.29, 1.82) is 0 Å². The zero-order valence-corrected chi connectivity index (χ0v) is 11.2. The summed E-state index contributed by atoms with van der Waals surface area (Å²) in [6.45, 7) is 1.91. The summed E-state index contributed by atoms with van der Waals surface area (Å²) in [4.78, 5) is 33.4. The first-order valence-corrected chi connectivity index (χ1v) is 5.96. The fourth-order valence-corrected chi connectivity index (χ4v) is 2.24. The fourth-order valence-electron chi connectivity index (χ4n) is 2.24. The van der Waals surface area contributed by atoms with Gasteiger partial charge < -0.3 is 9.30 Å². The summed E-state index contributed by atoms with van der Waals surface area (Å²) in [5.41, 5.74) is 1.22. The Bertz CT molecular complexity index is 910. The van der Waals surface area contributed by atoms with Crippen LogP contribution in [0.3, 0.4) is 0 Å². The van der Waals surface area contributed by atoms with Crippen LogP contribution in [0.15, 0.2) is 21.7 Å². The highest BCUT2D eigenvalue weighted by atomic mass is 16.5. The summed E-state index contributed by atoms with van der Waals surface area (Å²) in [6, 6.07) is 3.64. The van der Waals surface area contributed by atoms with E-state index in [1.54, 1.807) is 24.8 Å². The van der Waals surface area contributed by atoms with Crippen LogP contribution in [0.4, 0.5) is 0 Å². The van der Waals surface area contributed by atoms with Gasteiger partial charge in [0, 0.05) is 13.1 Å². The molecular weight excluding hydrogens is 260 g/mol. The number of ether oxygens (including phenoxy) is 1. The highest BCUT2D eigenvalue weighted by molar-refractivity contribution is 5.81. The first-order chi connectivity index (χ1) is 9.51. The molecule has 3 rings (SSSR count). The molecule has 0 amide bonds. The third-order valence-corrected chi connectivity index (χ3v) is 3.26. The second kappa shape index (κ2) is 4.16. The lowest BCUT2D eigenvalue weighted by molar-refractivity contribution is 0.412. The van der Waals surface area contributed by atoms with Crippen molar-refractivity contribution >= 4 is 11.0 Å². The van der Waals surface area contributed by atoms with Crippen molar-refractivity contribution in [2.45, 2.75) is 6.92 Å². The van der Waals surface area contributed by atoms with Gasteiger partial charge in [0.25, 0.3) is 5.56 Å². The molecule has 2 aliphatic rings. The molecule has 2 heterocycles. The number of aromatic nitrogens is 4. The molecule has 0 unspecified atom stereocenters. The lowest BCUT2D eigenvalue weighted by Gasteiger charge is -2.14. The summed E-state index contributed by atoms with van der Waals surface area (Å²) in [7, 11) is 3.32. The predicted molar refractivity (Wildman–Crippen MR) is 73.3 cm³/mol. The van der Waals surface area contributed by atoms with Crippen molar-refractivity contribution in [3.63, 3.8) is 0 Å². The highest BCUT2D eigenvalue weighted by Gasteiger charge is 2.17. The molecule has 0 aliphatic carbocycles. The average Bonchev–Trinajstić information content (AvgIpc) is 2.40. The van der Waals surface area contributed by atoms with Crippen LogP contribution in [0.2, 0.25) is 0 Å². The quantitative estimate of drug-likeness (QED) is 0.649. The number of benzene rings is 1. The van der Waals surface area contributed by atoms with Gasteiger partial charge in [-0.15, -0.1) is 0 Å². The van der Waals surface area contributed by atoms with Gasteiger partial charge in [0.15, 0.2) is 11.5 Å². The predicted octanol–water partition coefficient (Wildman–Crippen LogP) is 0.439. The van der Waals surface area contributed by atoms with E-state index in [1.807, 2.05) is 13.0 Å². The fraction of sp³-hybridized carbons (Fsp3) is 0.231. The zero-order chi connectivity index (χ0) is 14.4. The SMILES string of the molecule is COc1cc2nc3c(=O)[nH]c(=O)nc-3n(C)c2cc1C. The Morgan fingerprint density at radius 3 is 2.70 bits per heavy atom. The Labute approximate surface area is 113 Å². The number of methoxy groups -OCH3 is 1. The monoisotopic (exact) mass is 272 g/mol. The van der Waals surface area contributed by atoms with Gasteiger partial charge >= 0.3 is 5.69 Å². The van der Waals surface area contributed by atoms with Crippen molar-refractivity contribution in [2.75, 3.05) is 7.11 Å². The molecule has 0 spiro atoms. The van der Waals surface area contributed by atoms with E-state index in [9.17, 15) is 9.59 Å². The second-order valence-electron chi connectivity index (χ2n) is 4.52. The van der Waals surface area contributed by atoms with Crippen molar-refractivity contribution in [1.82, 2.24) is 19.5 Å². The minimum atomic E-state index is -0.676. The summed E-state index contributed by atoms with van der Waals surface area (Å²) >= 11 is 0. The number of H-pyrrole nitrogens is 1. The molecular formula is C13H12N4O3. The molecule has 1 aromatic rings. The number of aryl methyl sites for hydroxylation is 2. The van der Waals surface area contributed by atoms with Gasteiger partial charge in [-0.1, -0.05) is 0 Å². The normalized spacial score (nSPS) is 11.2. The lowest BCUT2D eigenvalue weighted by atomic mass is 10.1. The van der Waals surface area contributed by atoms with Gasteiger partial charge in [-0.2, -0.15) is 4.98 Å². The van der Waals surface area contributed by atoms with E-state index in [0.29, 0.717) is 11.3 Å². The van der Waals surface area contributed by atoms with Crippen LogP contribution >= 0.6 is 0 Å². The molecule has 7 nitrogen and oxygen atoms in total. The molecule has 0 radical (unpaired) electrons. The molecule has 102 valence electrons. The zero-order valence-electron chi connectivity index (χ0n) is 11.2. The summed E-state index contributed by atoms with van der Waals surface area (Å²) in [6.07, 6.45) is 0. The van der Waals surface area contributed by atoms with Crippen LogP contribution in [0.25, 0.3) is 22.6 Å². The van der Waals surface area contributed by atoms with Gasteiger partial charge in [0.2, 0.25) is 0 Å². The summed E-state index contributed by atoms with van der Waals surface area (Å²) in [5, 5.41) is 0. The number of nitrogens with one attached hydrogen (secondary N) is 1. The molecule has 0 fully saturated rings. The lowest BCUT2D eigenvalue weighted by Crippen LogP contribution is -2.28. The Morgan fingerprint density at radius 2 is 2.00 bits per heavy atom. The molecule has 1 aromatic carbocycles. The van der Waals surface area contributed by atoms with E-state index in [4.69, 9.17) is 4.74 Å². The Balaban J connectivity index is 2.54. The third-order valence-electron chi connectivity index (χ3n) is 3.26. The van der Waals surface area contributed by atoms with Crippen LogP contribution in [0, 0.1) is 6.92 Å². The maximum Gasteiger partial charge on any atom is 0.349 e. The minimum absolute atomic E-state index is 0.130. The first-order valence-electron chi connectivity index (χ1n) is 5.96. The number of aromatic amines is 1. The third kappa shape index (κ3) is 1.67.